The van der Waals surface area contributed by atoms with Crippen molar-refractivity contribution in [1.29, 1.82) is 0 Å². The van der Waals surface area contributed by atoms with E-state index in [2.05, 4.69) is 15.4 Å². The second kappa shape index (κ2) is 11.0. The van der Waals surface area contributed by atoms with E-state index in [0.29, 0.717) is 0 Å². The lowest BCUT2D eigenvalue weighted by atomic mass is 10.0. The molecular weight excluding hydrogens is 472 g/mol. The molecule has 2 aliphatic rings. The summed E-state index contributed by atoms with van der Waals surface area (Å²) in [6.45, 7) is -0.373. The molecule has 32 heavy (non-hydrogen) atoms. The minimum absolute atomic E-state index is 0.0244. The van der Waals surface area contributed by atoms with Crippen molar-refractivity contribution in [2.24, 2.45) is 5.73 Å². The zero-order chi connectivity index (χ0) is 24.0. The predicted octanol–water partition coefficient (Wildman–Crippen LogP) is -1.20. The smallest absolute Gasteiger partial charge is 0.404 e. The van der Waals surface area contributed by atoms with E-state index in [1.807, 2.05) is 0 Å². The number of primary amides is 1. The Morgan fingerprint density at radius 2 is 1.94 bits per heavy atom. The lowest BCUT2D eigenvalue weighted by molar-refractivity contribution is -0.150. The number of amides is 4. The number of nitrogens with two attached hydrogens (primary N) is 1. The first kappa shape index (κ1) is 25.3. The van der Waals surface area contributed by atoms with Crippen molar-refractivity contribution in [3.63, 3.8) is 0 Å². The Kier molecular flexibility index (Phi) is 8.72. The Morgan fingerprint density at radius 3 is 2.50 bits per heavy atom. The van der Waals surface area contributed by atoms with E-state index in [9.17, 15) is 33.9 Å². The van der Waals surface area contributed by atoms with E-state index in [4.69, 9.17) is 22.4 Å². The number of nitrogens with one attached hydrogen (secondary N) is 2. The number of carboxylic acids is 2. The number of rotatable bonds is 11. The van der Waals surface area contributed by atoms with E-state index in [1.54, 1.807) is 0 Å². The Bertz CT molecular complexity index is 865. The van der Waals surface area contributed by atoms with Gasteiger partial charge < -0.3 is 31.3 Å². The van der Waals surface area contributed by atoms with Gasteiger partial charge >= 0.3 is 18.0 Å². The highest BCUT2D eigenvalue weighted by Crippen LogP contribution is 2.40. The number of carbonyl (C=O) groups excluding carboxylic acids is 4. The molecule has 6 N–H and O–H groups in total. The quantitative estimate of drug-likeness (QED) is 0.172. The third-order valence-electron chi connectivity index (χ3n) is 4.61. The minimum atomic E-state index is -1.38. The summed E-state index contributed by atoms with van der Waals surface area (Å²) in [6, 6.07) is -2.15. The number of carbonyl (C=O) groups is 6. The second-order valence-electron chi connectivity index (χ2n) is 6.80. The maximum Gasteiger partial charge on any atom is 0.404 e. The van der Waals surface area contributed by atoms with E-state index in [1.165, 1.54) is 11.8 Å². The van der Waals surface area contributed by atoms with Crippen LogP contribution in [0.4, 0.5) is 4.79 Å². The first-order valence-corrected chi connectivity index (χ1v) is 10.8. The van der Waals surface area contributed by atoms with Gasteiger partial charge in [-0.05, 0) is 12.8 Å². The van der Waals surface area contributed by atoms with Crippen molar-refractivity contribution in [3.05, 3.63) is 11.3 Å². The molecular formula is C17H21ClN4O9S. The maximum atomic E-state index is 12.5. The molecule has 1 saturated heterocycles. The van der Waals surface area contributed by atoms with Crippen LogP contribution in [-0.2, 0) is 28.7 Å². The molecule has 13 nitrogen and oxygen atoms in total. The third kappa shape index (κ3) is 6.03. The predicted molar refractivity (Wildman–Crippen MR) is 109 cm³/mol. The van der Waals surface area contributed by atoms with Crippen LogP contribution >= 0.6 is 23.4 Å². The van der Waals surface area contributed by atoms with Crippen molar-refractivity contribution < 1.29 is 43.7 Å². The van der Waals surface area contributed by atoms with Crippen LogP contribution in [0, 0.1) is 0 Å². The standard InChI is InChI=1S/C17H21ClN4O9S/c18-4-10(24)20-8(15(26)27)2-1-3-9(23)21-11-13(25)22-12(16(28)29)7(5-31-17(19)30)6-32-14(11)22/h8,11,14H,1-6H2,(H2,19,30)(H,20,24)(H,21,23)(H,26,27)(H,28,29). The summed E-state index contributed by atoms with van der Waals surface area (Å²) in [5, 5.41) is 22.7. The molecule has 4 amide bonds. The van der Waals surface area contributed by atoms with Crippen LogP contribution in [0.2, 0.25) is 0 Å². The molecule has 1 fully saturated rings. The van der Waals surface area contributed by atoms with E-state index in [0.717, 1.165) is 4.90 Å². The molecule has 176 valence electrons. The van der Waals surface area contributed by atoms with E-state index >= 15 is 0 Å². The first-order chi connectivity index (χ1) is 15.1. The molecule has 0 saturated carbocycles. The van der Waals surface area contributed by atoms with Crippen molar-refractivity contribution in [2.75, 3.05) is 18.2 Å². The summed E-state index contributed by atoms with van der Waals surface area (Å²) in [5.41, 5.74) is 4.78. The number of carboxylic acid groups (broad SMARTS) is 2. The SMILES string of the molecule is NC(=O)OCC1=C(C(=O)O)N2C(=O)C(NC(=O)CCCC(NC(=O)CCl)C(=O)O)C2SC1. The van der Waals surface area contributed by atoms with Crippen molar-refractivity contribution in [1.82, 2.24) is 15.5 Å². The average Bonchev–Trinajstić information content (AvgIpc) is 2.73. The molecule has 3 atom stereocenters. The fourth-order valence-corrected chi connectivity index (χ4v) is 4.56. The number of nitrogens with zero attached hydrogens (tertiary/aromatic N) is 1. The molecule has 15 heteroatoms. The molecule has 2 rings (SSSR count). The third-order valence-corrected chi connectivity index (χ3v) is 6.19. The van der Waals surface area contributed by atoms with Crippen LogP contribution < -0.4 is 16.4 Å². The summed E-state index contributed by atoms with van der Waals surface area (Å²) < 4.78 is 4.63. The van der Waals surface area contributed by atoms with Gasteiger partial charge in [0, 0.05) is 17.7 Å². The molecule has 0 spiro atoms. The minimum Gasteiger partial charge on any atom is -0.480 e. The number of thioether (sulfide) groups is 1. The van der Waals surface area contributed by atoms with Crippen molar-refractivity contribution >= 4 is 59.1 Å². The van der Waals surface area contributed by atoms with Gasteiger partial charge in [-0.25, -0.2) is 14.4 Å². The Morgan fingerprint density at radius 1 is 1.25 bits per heavy atom. The van der Waals surface area contributed by atoms with Crippen LogP contribution in [0.5, 0.6) is 0 Å². The molecule has 2 aliphatic heterocycles. The van der Waals surface area contributed by atoms with Crippen LogP contribution in [0.1, 0.15) is 19.3 Å². The number of β-lactam (4-membered cyclic amide) rings is 1. The number of ether oxygens (including phenoxy) is 1. The summed E-state index contributed by atoms with van der Waals surface area (Å²) >= 11 is 6.52. The van der Waals surface area contributed by atoms with Gasteiger partial charge in [0.2, 0.25) is 11.8 Å². The summed E-state index contributed by atoms with van der Waals surface area (Å²) in [7, 11) is 0. The van der Waals surface area contributed by atoms with Gasteiger partial charge in [0.05, 0.1) is 0 Å². The molecule has 0 bridgehead atoms. The summed E-state index contributed by atoms with van der Waals surface area (Å²) in [5.74, 6) is -4.71. The molecule has 2 heterocycles. The molecule has 0 aromatic heterocycles. The highest BCUT2D eigenvalue weighted by atomic mass is 35.5. The number of hydrogen-bond donors (Lipinski definition) is 5. The monoisotopic (exact) mass is 492 g/mol. The molecule has 0 aromatic carbocycles. The van der Waals surface area contributed by atoms with Gasteiger partial charge in [0.1, 0.15) is 35.6 Å². The lowest BCUT2D eigenvalue weighted by Gasteiger charge is -2.49. The van der Waals surface area contributed by atoms with Gasteiger partial charge in [0.25, 0.3) is 5.91 Å². The van der Waals surface area contributed by atoms with Crippen molar-refractivity contribution in [3.8, 4) is 0 Å². The number of fused-ring (bicyclic) bond motifs is 1. The van der Waals surface area contributed by atoms with Crippen LogP contribution in [0.15, 0.2) is 11.3 Å². The zero-order valence-corrected chi connectivity index (χ0v) is 18.1. The normalized spacial score (nSPS) is 20.5. The Hall–Kier alpha value is -3.00. The highest BCUT2D eigenvalue weighted by molar-refractivity contribution is 8.00. The Labute approximate surface area is 190 Å². The van der Waals surface area contributed by atoms with Gasteiger partial charge in [-0.2, -0.15) is 0 Å². The number of hydrogen-bond acceptors (Lipinski definition) is 8. The zero-order valence-electron chi connectivity index (χ0n) is 16.5. The summed E-state index contributed by atoms with van der Waals surface area (Å²) in [4.78, 5) is 70.5. The lowest BCUT2D eigenvalue weighted by Crippen LogP contribution is -2.70. The summed E-state index contributed by atoms with van der Waals surface area (Å²) in [6.07, 6.45) is -1.10. The van der Waals surface area contributed by atoms with Gasteiger partial charge in [0.15, 0.2) is 0 Å². The first-order valence-electron chi connectivity index (χ1n) is 9.26. The average molecular weight is 493 g/mol. The van der Waals surface area contributed by atoms with Gasteiger partial charge in [-0.3, -0.25) is 19.3 Å². The topological polar surface area (TPSA) is 205 Å². The van der Waals surface area contributed by atoms with Gasteiger partial charge in [-0.1, -0.05) is 0 Å². The Balaban J connectivity index is 1.92. The number of aliphatic carboxylic acids is 2. The van der Waals surface area contributed by atoms with E-state index < -0.39 is 59.1 Å². The maximum absolute atomic E-state index is 12.5. The largest absolute Gasteiger partial charge is 0.480 e. The molecule has 0 aromatic rings. The van der Waals surface area contributed by atoms with E-state index in [-0.39, 0.29) is 42.9 Å². The fourth-order valence-electron chi connectivity index (χ4n) is 3.16. The fraction of sp³-hybridized carbons (Fsp3) is 0.529. The van der Waals surface area contributed by atoms with Crippen LogP contribution in [0.3, 0.4) is 0 Å². The number of halogens is 1. The molecule has 3 unspecified atom stereocenters. The van der Waals surface area contributed by atoms with Crippen LogP contribution in [0.25, 0.3) is 0 Å². The van der Waals surface area contributed by atoms with Gasteiger partial charge in [-0.15, -0.1) is 23.4 Å². The van der Waals surface area contributed by atoms with Crippen LogP contribution in [-0.4, -0.2) is 86.6 Å². The molecule has 0 aliphatic carbocycles. The highest BCUT2D eigenvalue weighted by Gasteiger charge is 2.54. The second-order valence-corrected chi connectivity index (χ2v) is 8.18. The molecule has 0 radical (unpaired) electrons. The number of alkyl halides is 1. The van der Waals surface area contributed by atoms with Crippen molar-refractivity contribution in [2.45, 2.75) is 36.7 Å².